The van der Waals surface area contributed by atoms with Crippen molar-refractivity contribution in [2.75, 3.05) is 39.0 Å². The van der Waals surface area contributed by atoms with Crippen molar-refractivity contribution in [1.82, 2.24) is 14.4 Å². The zero-order chi connectivity index (χ0) is 14.1. The van der Waals surface area contributed by atoms with E-state index in [-0.39, 0.29) is 0 Å². The molecule has 1 aliphatic heterocycles. The molecule has 2 heterocycles. The molecule has 0 radical (unpaired) electrons. The number of benzene rings is 1. The molecule has 2 aromatic rings. The summed E-state index contributed by atoms with van der Waals surface area (Å²) in [5, 5.41) is 1.19. The van der Waals surface area contributed by atoms with Crippen LogP contribution in [0.5, 0.6) is 0 Å². The third kappa shape index (κ3) is 2.41. The Morgan fingerprint density at radius 2 is 1.90 bits per heavy atom. The van der Waals surface area contributed by atoms with Crippen molar-refractivity contribution in [1.29, 1.82) is 0 Å². The highest BCUT2D eigenvalue weighted by atomic mass is 15.2. The molecule has 0 saturated carbocycles. The minimum atomic E-state index is 0.884. The lowest BCUT2D eigenvalue weighted by Crippen LogP contribution is -2.44. The number of aromatic nitrogens is 1. The summed E-state index contributed by atoms with van der Waals surface area (Å²) in [6, 6.07) is 8.47. The first-order valence-electron chi connectivity index (χ1n) is 7.46. The predicted octanol–water partition coefficient (Wildman–Crippen LogP) is 1.99. The highest BCUT2D eigenvalue weighted by molar-refractivity contribution is 5.92. The number of nitrogen functional groups attached to an aromatic ring is 1. The van der Waals surface area contributed by atoms with E-state index in [4.69, 9.17) is 5.73 Å². The minimum Gasteiger partial charge on any atom is -0.398 e. The van der Waals surface area contributed by atoms with E-state index in [2.05, 4.69) is 40.5 Å². The van der Waals surface area contributed by atoms with E-state index < -0.39 is 0 Å². The number of aryl methyl sites for hydroxylation is 1. The first kappa shape index (κ1) is 13.5. The van der Waals surface area contributed by atoms with Gasteiger partial charge in [-0.1, -0.05) is 6.07 Å². The molecule has 0 aliphatic carbocycles. The molecule has 1 aromatic carbocycles. The molecule has 108 valence electrons. The lowest BCUT2D eigenvalue weighted by molar-refractivity contribution is 0.146. The van der Waals surface area contributed by atoms with Crippen molar-refractivity contribution >= 4 is 16.6 Å². The largest absolute Gasteiger partial charge is 0.398 e. The topological polar surface area (TPSA) is 37.4 Å². The summed E-state index contributed by atoms with van der Waals surface area (Å²) in [4.78, 5) is 4.93. The molecule has 0 spiro atoms. The van der Waals surface area contributed by atoms with Gasteiger partial charge >= 0.3 is 0 Å². The average Bonchev–Trinajstić information content (AvgIpc) is 2.80. The Morgan fingerprint density at radius 1 is 1.15 bits per heavy atom. The molecule has 1 aromatic heterocycles. The van der Waals surface area contributed by atoms with Gasteiger partial charge in [0.2, 0.25) is 0 Å². The fraction of sp³-hybridized carbons (Fsp3) is 0.500. The van der Waals surface area contributed by atoms with Crippen LogP contribution in [0.25, 0.3) is 10.9 Å². The van der Waals surface area contributed by atoms with Crippen LogP contribution in [0.4, 0.5) is 5.69 Å². The van der Waals surface area contributed by atoms with Gasteiger partial charge in [0.15, 0.2) is 0 Å². The highest BCUT2D eigenvalue weighted by Crippen LogP contribution is 2.26. The summed E-state index contributed by atoms with van der Waals surface area (Å²) < 4.78 is 2.39. The number of piperazine rings is 1. The molecule has 3 rings (SSSR count). The Labute approximate surface area is 120 Å². The van der Waals surface area contributed by atoms with Gasteiger partial charge in [-0.2, -0.15) is 0 Å². The number of hydrogen-bond donors (Lipinski definition) is 1. The number of fused-ring (bicyclic) bond motifs is 1. The fourth-order valence-electron chi connectivity index (χ4n) is 3.10. The second-order valence-electron chi connectivity index (χ2n) is 5.74. The molecule has 0 unspecified atom stereocenters. The number of anilines is 1. The molecule has 20 heavy (non-hydrogen) atoms. The van der Waals surface area contributed by atoms with Gasteiger partial charge in [-0.3, -0.25) is 4.90 Å². The Hall–Kier alpha value is -1.52. The number of nitrogens with two attached hydrogens (primary N) is 1. The smallest absolute Gasteiger partial charge is 0.0503 e. The van der Waals surface area contributed by atoms with Gasteiger partial charge in [0.1, 0.15) is 0 Å². The van der Waals surface area contributed by atoms with E-state index in [1.807, 2.05) is 12.1 Å². The molecule has 4 heteroatoms. The molecule has 0 amide bonds. The summed E-state index contributed by atoms with van der Waals surface area (Å²) in [5.41, 5.74) is 9.63. The van der Waals surface area contributed by atoms with Gasteiger partial charge < -0.3 is 15.2 Å². The lowest BCUT2D eigenvalue weighted by Gasteiger charge is -2.32. The quantitative estimate of drug-likeness (QED) is 0.868. The van der Waals surface area contributed by atoms with Crippen LogP contribution in [0.15, 0.2) is 24.3 Å². The van der Waals surface area contributed by atoms with Gasteiger partial charge in [-0.15, -0.1) is 0 Å². The van der Waals surface area contributed by atoms with Crippen LogP contribution in [0.1, 0.15) is 12.6 Å². The van der Waals surface area contributed by atoms with Crippen molar-refractivity contribution in [2.45, 2.75) is 20.0 Å². The van der Waals surface area contributed by atoms with Gasteiger partial charge in [-0.05, 0) is 32.2 Å². The van der Waals surface area contributed by atoms with Crippen LogP contribution in [0.3, 0.4) is 0 Å². The third-order valence-electron chi connectivity index (χ3n) is 4.36. The molecule has 2 N–H and O–H groups in total. The summed E-state index contributed by atoms with van der Waals surface area (Å²) in [6.07, 6.45) is 0. The van der Waals surface area contributed by atoms with Gasteiger partial charge in [0, 0.05) is 56.0 Å². The Balaban J connectivity index is 1.89. The van der Waals surface area contributed by atoms with E-state index >= 15 is 0 Å². The molecular formula is C16H24N4. The Kier molecular flexibility index (Phi) is 3.68. The second kappa shape index (κ2) is 5.46. The normalized spacial score (nSPS) is 17.9. The zero-order valence-electron chi connectivity index (χ0n) is 12.5. The first-order chi connectivity index (χ1) is 9.69. The number of likely N-dealkylation sites (N-methyl/N-ethyl adjacent to an activating group) is 1. The van der Waals surface area contributed by atoms with Crippen LogP contribution in [-0.2, 0) is 13.1 Å². The maximum absolute atomic E-state index is 6.11. The minimum absolute atomic E-state index is 0.884. The lowest BCUT2D eigenvalue weighted by atomic mass is 10.2. The first-order valence-corrected chi connectivity index (χ1v) is 7.46. The fourth-order valence-corrected chi connectivity index (χ4v) is 3.10. The van der Waals surface area contributed by atoms with E-state index in [0.29, 0.717) is 0 Å². The maximum Gasteiger partial charge on any atom is 0.0503 e. The van der Waals surface area contributed by atoms with Gasteiger partial charge in [0.25, 0.3) is 0 Å². The highest BCUT2D eigenvalue weighted by Gasteiger charge is 2.17. The SMILES string of the molecule is CCn1c(CN2CCN(C)CC2)cc2c(N)cccc21. The van der Waals surface area contributed by atoms with Crippen LogP contribution in [0, 0.1) is 0 Å². The van der Waals surface area contributed by atoms with Crippen molar-refractivity contribution in [2.24, 2.45) is 0 Å². The van der Waals surface area contributed by atoms with E-state index in [1.165, 1.54) is 16.6 Å². The van der Waals surface area contributed by atoms with E-state index in [0.717, 1.165) is 45.0 Å². The maximum atomic E-state index is 6.11. The Bertz CT molecular complexity index is 594. The standard InChI is InChI=1S/C16H24N4/c1-3-20-13(12-19-9-7-18(2)8-10-19)11-14-15(17)5-4-6-16(14)20/h4-6,11H,3,7-10,12,17H2,1-2H3. The molecule has 0 atom stereocenters. The third-order valence-corrected chi connectivity index (χ3v) is 4.36. The summed E-state index contributed by atoms with van der Waals surface area (Å²) >= 11 is 0. The van der Waals surface area contributed by atoms with Crippen molar-refractivity contribution < 1.29 is 0 Å². The van der Waals surface area contributed by atoms with Crippen LogP contribution in [0.2, 0.25) is 0 Å². The summed E-state index contributed by atoms with van der Waals surface area (Å²) in [5.74, 6) is 0. The number of hydrogen-bond acceptors (Lipinski definition) is 3. The van der Waals surface area contributed by atoms with Crippen LogP contribution >= 0.6 is 0 Å². The molecule has 0 bridgehead atoms. The number of rotatable bonds is 3. The van der Waals surface area contributed by atoms with Gasteiger partial charge in [0.05, 0.1) is 5.52 Å². The van der Waals surface area contributed by atoms with Gasteiger partial charge in [-0.25, -0.2) is 0 Å². The monoisotopic (exact) mass is 272 g/mol. The molecule has 1 fully saturated rings. The van der Waals surface area contributed by atoms with E-state index in [1.54, 1.807) is 0 Å². The van der Waals surface area contributed by atoms with Crippen LogP contribution in [-0.4, -0.2) is 47.6 Å². The van der Waals surface area contributed by atoms with E-state index in [9.17, 15) is 0 Å². The average molecular weight is 272 g/mol. The summed E-state index contributed by atoms with van der Waals surface area (Å²) in [6.45, 7) is 8.85. The van der Waals surface area contributed by atoms with Crippen molar-refractivity contribution in [3.05, 3.63) is 30.0 Å². The number of nitrogens with zero attached hydrogens (tertiary/aromatic N) is 3. The summed E-state index contributed by atoms with van der Waals surface area (Å²) in [7, 11) is 2.20. The molecular weight excluding hydrogens is 248 g/mol. The van der Waals surface area contributed by atoms with Crippen molar-refractivity contribution in [3.8, 4) is 0 Å². The predicted molar refractivity (Wildman–Crippen MR) is 84.8 cm³/mol. The van der Waals surface area contributed by atoms with Crippen molar-refractivity contribution in [3.63, 3.8) is 0 Å². The zero-order valence-corrected chi connectivity index (χ0v) is 12.5. The Morgan fingerprint density at radius 3 is 2.60 bits per heavy atom. The second-order valence-corrected chi connectivity index (χ2v) is 5.74. The molecule has 1 aliphatic rings. The van der Waals surface area contributed by atoms with Crippen LogP contribution < -0.4 is 5.73 Å². The molecule has 4 nitrogen and oxygen atoms in total. The molecule has 1 saturated heterocycles.